The molecule has 0 unspecified atom stereocenters. The number of aromatic nitrogens is 3. The highest BCUT2D eigenvalue weighted by molar-refractivity contribution is 5.93. The van der Waals surface area contributed by atoms with Gasteiger partial charge >= 0.3 is 0 Å². The van der Waals surface area contributed by atoms with Gasteiger partial charge in [0.05, 0.1) is 24.2 Å². The van der Waals surface area contributed by atoms with Crippen molar-refractivity contribution in [3.8, 4) is 5.69 Å². The Morgan fingerprint density at radius 2 is 2.22 bits per heavy atom. The van der Waals surface area contributed by atoms with Gasteiger partial charge in [-0.2, -0.15) is 0 Å². The van der Waals surface area contributed by atoms with E-state index in [0.29, 0.717) is 17.9 Å². The number of hydrogen-bond acceptors (Lipinski definition) is 5. The van der Waals surface area contributed by atoms with E-state index in [2.05, 4.69) is 15.5 Å². The minimum Gasteiger partial charge on any atom is -0.391 e. The van der Waals surface area contributed by atoms with Gasteiger partial charge in [0, 0.05) is 18.9 Å². The second-order valence-electron chi connectivity index (χ2n) is 5.01. The first-order valence-electron chi connectivity index (χ1n) is 7.11. The maximum absolute atomic E-state index is 12.2. The molecule has 3 rings (SSSR count). The van der Waals surface area contributed by atoms with Crippen LogP contribution in [0.1, 0.15) is 27.4 Å². The number of aryl methyl sites for hydroxylation is 1. The molecule has 0 fully saturated rings. The number of carbonyl (C=O) groups excluding carboxylic acids is 1. The normalized spacial score (nSPS) is 10.7. The number of benzene rings is 1. The van der Waals surface area contributed by atoms with Crippen LogP contribution in [-0.4, -0.2) is 25.7 Å². The zero-order valence-corrected chi connectivity index (χ0v) is 12.6. The molecule has 1 aromatic carbocycles. The van der Waals surface area contributed by atoms with Crippen molar-refractivity contribution in [1.82, 2.24) is 20.0 Å². The van der Waals surface area contributed by atoms with Crippen LogP contribution < -0.4 is 5.32 Å². The summed E-state index contributed by atoms with van der Waals surface area (Å²) < 4.78 is 6.84. The van der Waals surface area contributed by atoms with E-state index in [1.807, 2.05) is 35.0 Å². The molecule has 2 aromatic heterocycles. The van der Waals surface area contributed by atoms with E-state index in [1.54, 1.807) is 19.4 Å². The number of imidazole rings is 1. The van der Waals surface area contributed by atoms with Gasteiger partial charge in [-0.25, -0.2) is 4.98 Å². The molecule has 1 amide bonds. The Morgan fingerprint density at radius 1 is 1.39 bits per heavy atom. The molecule has 2 heterocycles. The van der Waals surface area contributed by atoms with Crippen LogP contribution in [0.25, 0.3) is 5.69 Å². The Hall–Kier alpha value is -2.93. The number of amides is 1. The Kier molecular flexibility index (Phi) is 4.20. The third kappa shape index (κ3) is 3.00. The zero-order chi connectivity index (χ0) is 16.2. The molecule has 0 atom stereocenters. The number of para-hydroxylation sites is 1. The van der Waals surface area contributed by atoms with Crippen LogP contribution in [0.5, 0.6) is 0 Å². The lowest BCUT2D eigenvalue weighted by Gasteiger charge is -2.10. The molecule has 0 saturated carbocycles. The average Bonchev–Trinajstić information content (AvgIpc) is 3.22. The van der Waals surface area contributed by atoms with E-state index in [0.717, 1.165) is 11.3 Å². The Labute approximate surface area is 132 Å². The first-order valence-corrected chi connectivity index (χ1v) is 7.11. The van der Waals surface area contributed by atoms with Crippen LogP contribution in [0.15, 0.2) is 47.5 Å². The molecule has 0 spiro atoms. The van der Waals surface area contributed by atoms with Gasteiger partial charge in [0.25, 0.3) is 5.91 Å². The van der Waals surface area contributed by atoms with Gasteiger partial charge in [-0.15, -0.1) is 0 Å². The first-order chi connectivity index (χ1) is 11.2. The number of aliphatic hydroxyl groups excluding tert-OH is 1. The number of hydrogen-bond donors (Lipinski definition) is 2. The van der Waals surface area contributed by atoms with E-state index in [1.165, 1.54) is 0 Å². The van der Waals surface area contributed by atoms with Gasteiger partial charge in [0.1, 0.15) is 5.76 Å². The summed E-state index contributed by atoms with van der Waals surface area (Å²) in [4.78, 5) is 16.3. The Morgan fingerprint density at radius 3 is 2.96 bits per heavy atom. The summed E-state index contributed by atoms with van der Waals surface area (Å²) in [6.45, 7) is 1.69. The quantitative estimate of drug-likeness (QED) is 0.746. The third-order valence-electron chi connectivity index (χ3n) is 3.57. The van der Waals surface area contributed by atoms with Crippen molar-refractivity contribution < 1.29 is 14.4 Å². The second-order valence-corrected chi connectivity index (χ2v) is 5.01. The predicted octanol–water partition coefficient (Wildman–Crippen LogP) is 1.59. The summed E-state index contributed by atoms with van der Waals surface area (Å²) in [5.41, 5.74) is 2.39. The fraction of sp³-hybridized carbons (Fsp3) is 0.188. The third-order valence-corrected chi connectivity index (χ3v) is 3.57. The van der Waals surface area contributed by atoms with Crippen LogP contribution in [0.2, 0.25) is 0 Å². The standard InChI is InChI=1S/C16H16N4O3/c1-11-13(9-21)15(19-23-11)16(22)18-8-12-4-2-3-5-14(12)20-7-6-17-10-20/h2-7,10,21H,8-9H2,1H3,(H,18,22). The topological polar surface area (TPSA) is 93.2 Å². The molecular formula is C16H16N4O3. The maximum atomic E-state index is 12.2. The van der Waals surface area contributed by atoms with E-state index in [4.69, 9.17) is 4.52 Å². The van der Waals surface area contributed by atoms with Gasteiger partial charge < -0.3 is 19.5 Å². The monoisotopic (exact) mass is 312 g/mol. The molecule has 2 N–H and O–H groups in total. The van der Waals surface area contributed by atoms with Crippen molar-refractivity contribution in [2.75, 3.05) is 0 Å². The molecule has 0 aliphatic carbocycles. The van der Waals surface area contributed by atoms with E-state index < -0.39 is 0 Å². The summed E-state index contributed by atoms with van der Waals surface area (Å²) in [7, 11) is 0. The predicted molar refractivity (Wildman–Crippen MR) is 81.9 cm³/mol. The van der Waals surface area contributed by atoms with Crippen molar-refractivity contribution in [3.05, 3.63) is 65.6 Å². The first kappa shape index (κ1) is 15.0. The molecule has 0 aliphatic rings. The highest BCUT2D eigenvalue weighted by atomic mass is 16.5. The van der Waals surface area contributed by atoms with Crippen molar-refractivity contribution in [2.24, 2.45) is 0 Å². The van der Waals surface area contributed by atoms with Crippen molar-refractivity contribution in [2.45, 2.75) is 20.1 Å². The van der Waals surface area contributed by atoms with Crippen LogP contribution in [-0.2, 0) is 13.2 Å². The van der Waals surface area contributed by atoms with Crippen LogP contribution in [0.4, 0.5) is 0 Å². The van der Waals surface area contributed by atoms with Crippen LogP contribution >= 0.6 is 0 Å². The van der Waals surface area contributed by atoms with Crippen LogP contribution in [0.3, 0.4) is 0 Å². The van der Waals surface area contributed by atoms with Crippen molar-refractivity contribution >= 4 is 5.91 Å². The minimum atomic E-state index is -0.383. The highest BCUT2D eigenvalue weighted by Crippen LogP contribution is 2.16. The number of carbonyl (C=O) groups is 1. The lowest BCUT2D eigenvalue weighted by atomic mass is 10.1. The molecule has 7 nitrogen and oxygen atoms in total. The van der Waals surface area contributed by atoms with Gasteiger partial charge in [-0.3, -0.25) is 4.79 Å². The average molecular weight is 312 g/mol. The number of aliphatic hydroxyl groups is 1. The zero-order valence-electron chi connectivity index (χ0n) is 12.6. The molecule has 0 bridgehead atoms. The Balaban J connectivity index is 1.78. The second kappa shape index (κ2) is 6.45. The lowest BCUT2D eigenvalue weighted by molar-refractivity contribution is 0.0939. The fourth-order valence-electron chi connectivity index (χ4n) is 2.33. The number of nitrogens with one attached hydrogen (secondary N) is 1. The molecular weight excluding hydrogens is 296 g/mol. The Bertz CT molecular complexity index is 809. The summed E-state index contributed by atoms with van der Waals surface area (Å²) in [6.07, 6.45) is 5.23. The maximum Gasteiger partial charge on any atom is 0.274 e. The molecule has 0 aliphatic heterocycles. The van der Waals surface area contributed by atoms with E-state index >= 15 is 0 Å². The minimum absolute atomic E-state index is 0.116. The van der Waals surface area contributed by atoms with Gasteiger partial charge in [-0.05, 0) is 18.6 Å². The molecule has 23 heavy (non-hydrogen) atoms. The molecule has 7 heteroatoms. The summed E-state index contributed by atoms with van der Waals surface area (Å²) in [6, 6.07) is 7.70. The smallest absolute Gasteiger partial charge is 0.274 e. The van der Waals surface area contributed by atoms with E-state index in [-0.39, 0.29) is 18.2 Å². The number of rotatable bonds is 5. The molecule has 118 valence electrons. The molecule has 0 radical (unpaired) electrons. The van der Waals surface area contributed by atoms with Crippen molar-refractivity contribution in [3.63, 3.8) is 0 Å². The van der Waals surface area contributed by atoms with Gasteiger partial charge in [0.15, 0.2) is 5.69 Å². The van der Waals surface area contributed by atoms with Crippen molar-refractivity contribution in [1.29, 1.82) is 0 Å². The molecule has 0 saturated heterocycles. The molecule has 3 aromatic rings. The lowest BCUT2D eigenvalue weighted by Crippen LogP contribution is -2.25. The van der Waals surface area contributed by atoms with E-state index in [9.17, 15) is 9.90 Å². The SMILES string of the molecule is Cc1onc(C(=O)NCc2ccccc2-n2ccnc2)c1CO. The van der Waals surface area contributed by atoms with Gasteiger partial charge in [-0.1, -0.05) is 23.4 Å². The largest absolute Gasteiger partial charge is 0.391 e. The fourth-order valence-corrected chi connectivity index (χ4v) is 2.33. The number of nitrogens with zero attached hydrogens (tertiary/aromatic N) is 3. The summed E-state index contributed by atoms with van der Waals surface area (Å²) >= 11 is 0. The summed E-state index contributed by atoms with van der Waals surface area (Å²) in [5.74, 6) is 0.0581. The van der Waals surface area contributed by atoms with Gasteiger partial charge in [0.2, 0.25) is 0 Å². The highest BCUT2D eigenvalue weighted by Gasteiger charge is 2.19. The summed E-state index contributed by atoms with van der Waals surface area (Å²) in [5, 5.41) is 15.8. The van der Waals surface area contributed by atoms with Crippen LogP contribution in [0, 0.1) is 6.92 Å².